The van der Waals surface area contributed by atoms with Crippen LogP contribution >= 0.6 is 0 Å². The number of hydrogen-bond donors (Lipinski definition) is 0. The molecule has 0 radical (unpaired) electrons. The van der Waals surface area contributed by atoms with Crippen molar-refractivity contribution in [2.75, 3.05) is 6.61 Å². The largest absolute Gasteiger partial charge is 0.490 e. The van der Waals surface area contributed by atoms with E-state index in [2.05, 4.69) is 55.3 Å². The lowest BCUT2D eigenvalue weighted by molar-refractivity contribution is 0.133. The van der Waals surface area contributed by atoms with E-state index in [1.165, 1.54) is 44.1 Å². The van der Waals surface area contributed by atoms with Crippen LogP contribution in [0.1, 0.15) is 61.1 Å². The van der Waals surface area contributed by atoms with Gasteiger partial charge < -0.3 is 4.74 Å². The molecule has 4 unspecified atom stereocenters. The van der Waals surface area contributed by atoms with Gasteiger partial charge in [0.1, 0.15) is 12.4 Å². The molecule has 1 nitrogen and oxygen atoms in total. The van der Waals surface area contributed by atoms with E-state index in [4.69, 9.17) is 4.74 Å². The summed E-state index contributed by atoms with van der Waals surface area (Å²) >= 11 is 0. The Balaban J connectivity index is 1.35. The van der Waals surface area contributed by atoms with E-state index in [1.54, 1.807) is 6.08 Å². The lowest BCUT2D eigenvalue weighted by atomic mass is 9.64. The Morgan fingerprint density at radius 1 is 0.800 bits per heavy atom. The summed E-state index contributed by atoms with van der Waals surface area (Å²) in [5, 5.41) is 0. The number of allylic oxidation sites excluding steroid dienone is 1. The molecule has 2 fully saturated rings. The minimum atomic E-state index is 0.523. The van der Waals surface area contributed by atoms with Crippen LogP contribution in [0.25, 0.3) is 0 Å². The van der Waals surface area contributed by atoms with Gasteiger partial charge in [0.05, 0.1) is 0 Å². The maximum Gasteiger partial charge on any atom is 0.119 e. The van der Waals surface area contributed by atoms with Gasteiger partial charge in [0.2, 0.25) is 0 Å². The molecule has 2 saturated carbocycles. The van der Waals surface area contributed by atoms with Crippen molar-refractivity contribution in [2.45, 2.75) is 44.4 Å². The Kier molecular flexibility index (Phi) is 6.75. The maximum atomic E-state index is 5.52. The molecule has 154 valence electrons. The Morgan fingerprint density at radius 2 is 1.43 bits per heavy atom. The molecule has 4 atom stereocenters. The first-order valence-electron chi connectivity index (χ1n) is 11.3. The average molecular weight is 397 g/mol. The molecule has 0 N–H and O–H groups in total. The zero-order valence-corrected chi connectivity index (χ0v) is 17.9. The second kappa shape index (κ2) is 9.86. The van der Waals surface area contributed by atoms with Crippen LogP contribution < -0.4 is 4.74 Å². The molecule has 4 rings (SSSR count). The Morgan fingerprint density at radius 3 is 2.10 bits per heavy atom. The SMILES string of the molecule is C=CCOc1ccc(C#Cc2ccc(C3CCC4CC(C=C)CCC4C3)cc2)cc1. The second-order valence-electron chi connectivity index (χ2n) is 8.84. The zero-order valence-electron chi connectivity index (χ0n) is 17.9. The number of fused-ring (bicyclic) bond motifs is 1. The van der Waals surface area contributed by atoms with Gasteiger partial charge in [-0.1, -0.05) is 42.7 Å². The van der Waals surface area contributed by atoms with Gasteiger partial charge in [-0.2, -0.15) is 0 Å². The molecular weight excluding hydrogens is 364 g/mol. The van der Waals surface area contributed by atoms with E-state index in [0.29, 0.717) is 6.61 Å². The maximum absolute atomic E-state index is 5.52. The summed E-state index contributed by atoms with van der Waals surface area (Å²) in [4.78, 5) is 0. The summed E-state index contributed by atoms with van der Waals surface area (Å²) in [6.45, 7) is 8.21. The van der Waals surface area contributed by atoms with Gasteiger partial charge in [0, 0.05) is 11.1 Å². The third-order valence-corrected chi connectivity index (χ3v) is 6.94. The quantitative estimate of drug-likeness (QED) is 0.385. The van der Waals surface area contributed by atoms with Gasteiger partial charge in [-0.15, -0.1) is 6.58 Å². The highest BCUT2D eigenvalue weighted by atomic mass is 16.5. The van der Waals surface area contributed by atoms with E-state index >= 15 is 0 Å². The third kappa shape index (κ3) is 5.06. The third-order valence-electron chi connectivity index (χ3n) is 6.94. The van der Waals surface area contributed by atoms with Crippen molar-refractivity contribution < 1.29 is 4.74 Å². The normalized spacial score (nSPS) is 25.3. The van der Waals surface area contributed by atoms with Crippen LogP contribution in [0.15, 0.2) is 73.8 Å². The highest BCUT2D eigenvalue weighted by Crippen LogP contribution is 2.47. The van der Waals surface area contributed by atoms with E-state index in [-0.39, 0.29) is 0 Å². The van der Waals surface area contributed by atoms with E-state index in [1.807, 2.05) is 24.3 Å². The van der Waals surface area contributed by atoms with Crippen molar-refractivity contribution in [1.29, 1.82) is 0 Å². The molecule has 0 bridgehead atoms. The first kappa shape index (κ1) is 20.5. The standard InChI is InChI=1S/C29H32O/c1-3-19-30-29-17-10-24(11-18-29)6-5-23-8-12-25(13-9-23)27-16-15-26-20-22(4-2)7-14-28(26)21-27/h3-4,8-13,17-18,22,26-28H,1-2,7,14-16,19-21H2. The minimum Gasteiger partial charge on any atom is -0.490 e. The monoisotopic (exact) mass is 396 g/mol. The molecule has 0 aromatic heterocycles. The van der Waals surface area contributed by atoms with Crippen LogP contribution in [0.4, 0.5) is 0 Å². The fraction of sp³-hybridized carbons (Fsp3) is 0.379. The van der Waals surface area contributed by atoms with Crippen LogP contribution in [-0.4, -0.2) is 6.61 Å². The van der Waals surface area contributed by atoms with Gasteiger partial charge in [-0.05, 0) is 104 Å². The predicted octanol–water partition coefficient (Wildman–Crippen LogP) is 7.14. The number of benzene rings is 2. The summed E-state index contributed by atoms with van der Waals surface area (Å²) in [7, 11) is 0. The van der Waals surface area contributed by atoms with Crippen LogP contribution in [0.5, 0.6) is 5.75 Å². The molecular formula is C29H32O. The molecule has 0 aliphatic heterocycles. The molecule has 2 aliphatic rings. The molecule has 0 saturated heterocycles. The summed E-state index contributed by atoms with van der Waals surface area (Å²) in [5.41, 5.74) is 3.57. The smallest absolute Gasteiger partial charge is 0.119 e. The zero-order chi connectivity index (χ0) is 20.8. The van der Waals surface area contributed by atoms with Gasteiger partial charge in [-0.25, -0.2) is 0 Å². The van der Waals surface area contributed by atoms with Crippen molar-refractivity contribution in [1.82, 2.24) is 0 Å². The minimum absolute atomic E-state index is 0.523. The highest BCUT2D eigenvalue weighted by molar-refractivity contribution is 5.45. The fourth-order valence-electron chi connectivity index (χ4n) is 5.21. The van der Waals surface area contributed by atoms with Crippen LogP contribution in [0, 0.1) is 29.6 Å². The second-order valence-corrected chi connectivity index (χ2v) is 8.84. The Labute approximate surface area is 181 Å². The Hall–Kier alpha value is -2.72. The van der Waals surface area contributed by atoms with E-state index in [9.17, 15) is 0 Å². The molecule has 30 heavy (non-hydrogen) atoms. The molecule has 1 heteroatoms. The average Bonchev–Trinajstić information content (AvgIpc) is 2.81. The van der Waals surface area contributed by atoms with Crippen LogP contribution in [0.3, 0.4) is 0 Å². The van der Waals surface area contributed by atoms with Gasteiger partial charge in [0.25, 0.3) is 0 Å². The van der Waals surface area contributed by atoms with E-state index in [0.717, 1.165) is 40.5 Å². The highest BCUT2D eigenvalue weighted by Gasteiger charge is 2.35. The lowest BCUT2D eigenvalue weighted by Crippen LogP contribution is -2.29. The lowest BCUT2D eigenvalue weighted by Gasteiger charge is -2.41. The molecule has 2 aliphatic carbocycles. The van der Waals surface area contributed by atoms with Crippen molar-refractivity contribution in [3.05, 3.63) is 90.5 Å². The molecule has 2 aromatic rings. The van der Waals surface area contributed by atoms with Gasteiger partial charge in [0.15, 0.2) is 0 Å². The summed E-state index contributed by atoms with van der Waals surface area (Å²) < 4.78 is 5.52. The number of ether oxygens (including phenoxy) is 1. The van der Waals surface area contributed by atoms with Gasteiger partial charge in [-0.3, -0.25) is 0 Å². The Bertz CT molecular complexity index is 910. The van der Waals surface area contributed by atoms with Crippen LogP contribution in [0.2, 0.25) is 0 Å². The van der Waals surface area contributed by atoms with Crippen molar-refractivity contribution in [2.24, 2.45) is 17.8 Å². The molecule has 0 heterocycles. The number of rotatable bonds is 5. The summed E-state index contributed by atoms with van der Waals surface area (Å²) in [6, 6.07) is 16.9. The molecule has 2 aromatic carbocycles. The van der Waals surface area contributed by atoms with Crippen molar-refractivity contribution in [3.8, 4) is 17.6 Å². The van der Waals surface area contributed by atoms with Crippen molar-refractivity contribution >= 4 is 0 Å². The summed E-state index contributed by atoms with van der Waals surface area (Å²) in [5.74, 6) is 10.7. The fourth-order valence-corrected chi connectivity index (χ4v) is 5.21. The van der Waals surface area contributed by atoms with Crippen molar-refractivity contribution in [3.63, 3.8) is 0 Å². The topological polar surface area (TPSA) is 9.23 Å². The van der Waals surface area contributed by atoms with Gasteiger partial charge >= 0.3 is 0 Å². The summed E-state index contributed by atoms with van der Waals surface area (Å²) in [6.07, 6.45) is 12.1. The van der Waals surface area contributed by atoms with E-state index < -0.39 is 0 Å². The molecule has 0 spiro atoms. The predicted molar refractivity (Wildman–Crippen MR) is 126 cm³/mol. The molecule has 0 amide bonds. The first-order chi connectivity index (χ1) is 14.7. The van der Waals surface area contributed by atoms with Crippen LogP contribution in [-0.2, 0) is 0 Å². The number of hydrogen-bond acceptors (Lipinski definition) is 1. The first-order valence-corrected chi connectivity index (χ1v) is 11.3.